The summed E-state index contributed by atoms with van der Waals surface area (Å²) in [6.07, 6.45) is -4.26. The number of carbonyl (C=O) groups is 2. The quantitative estimate of drug-likeness (QED) is 0.738. The summed E-state index contributed by atoms with van der Waals surface area (Å²) in [6.45, 7) is 1.43. The van der Waals surface area contributed by atoms with Crippen molar-refractivity contribution in [2.75, 3.05) is 11.9 Å². The Bertz CT molecular complexity index is 518. The number of aliphatic hydroxyl groups is 1. The second-order valence-corrected chi connectivity index (χ2v) is 4.42. The van der Waals surface area contributed by atoms with Crippen molar-refractivity contribution in [3.8, 4) is 0 Å². The van der Waals surface area contributed by atoms with Crippen LogP contribution in [0, 0.1) is 0 Å². The topological polar surface area (TPSA) is 78.4 Å². The van der Waals surface area contributed by atoms with Crippen molar-refractivity contribution in [2.24, 2.45) is 0 Å². The summed E-state index contributed by atoms with van der Waals surface area (Å²) in [6, 6.07) is 3.55. The first-order valence-electron chi connectivity index (χ1n) is 6.14. The minimum Gasteiger partial charge on any atom is -0.396 e. The highest BCUT2D eigenvalue weighted by Gasteiger charge is 2.30. The van der Waals surface area contributed by atoms with E-state index in [1.54, 1.807) is 6.92 Å². The molecule has 0 heterocycles. The fourth-order valence-electron chi connectivity index (χ4n) is 1.52. The van der Waals surface area contributed by atoms with Gasteiger partial charge < -0.3 is 15.7 Å². The molecule has 0 aliphatic rings. The third-order valence-electron chi connectivity index (χ3n) is 2.59. The Hall–Kier alpha value is -2.09. The third kappa shape index (κ3) is 5.42. The Morgan fingerprint density at radius 1 is 1.29 bits per heavy atom. The highest BCUT2D eigenvalue weighted by molar-refractivity contribution is 6.39. The van der Waals surface area contributed by atoms with Crippen LogP contribution in [0.2, 0.25) is 0 Å². The molecule has 0 saturated heterocycles. The van der Waals surface area contributed by atoms with E-state index in [2.05, 4.69) is 10.6 Å². The average molecular weight is 304 g/mol. The van der Waals surface area contributed by atoms with Crippen LogP contribution in [0.5, 0.6) is 0 Å². The number of amides is 2. The zero-order chi connectivity index (χ0) is 16.0. The molecule has 0 radical (unpaired) electrons. The summed E-state index contributed by atoms with van der Waals surface area (Å²) in [5, 5.41) is 13.1. The van der Waals surface area contributed by atoms with Gasteiger partial charge in [0, 0.05) is 18.3 Å². The van der Waals surface area contributed by atoms with E-state index in [1.807, 2.05) is 0 Å². The Morgan fingerprint density at radius 2 is 1.95 bits per heavy atom. The maximum Gasteiger partial charge on any atom is 0.416 e. The number of alkyl halides is 3. The highest BCUT2D eigenvalue weighted by Crippen LogP contribution is 2.30. The van der Waals surface area contributed by atoms with Gasteiger partial charge in [0.25, 0.3) is 0 Å². The van der Waals surface area contributed by atoms with Crippen molar-refractivity contribution in [1.82, 2.24) is 5.32 Å². The summed E-state index contributed by atoms with van der Waals surface area (Å²) in [5.74, 6) is -2.05. The van der Waals surface area contributed by atoms with Gasteiger partial charge in [0.05, 0.1) is 5.56 Å². The van der Waals surface area contributed by atoms with Gasteiger partial charge in [-0.3, -0.25) is 9.59 Å². The van der Waals surface area contributed by atoms with Crippen molar-refractivity contribution in [3.63, 3.8) is 0 Å². The van der Waals surface area contributed by atoms with Crippen LogP contribution in [-0.2, 0) is 15.8 Å². The van der Waals surface area contributed by atoms with Gasteiger partial charge in [-0.15, -0.1) is 0 Å². The van der Waals surface area contributed by atoms with Crippen LogP contribution in [0.15, 0.2) is 24.3 Å². The Morgan fingerprint density at radius 3 is 2.52 bits per heavy atom. The molecule has 0 spiro atoms. The first kappa shape index (κ1) is 17.0. The van der Waals surface area contributed by atoms with Gasteiger partial charge in [0.15, 0.2) is 0 Å². The van der Waals surface area contributed by atoms with Gasteiger partial charge in [-0.1, -0.05) is 6.07 Å². The number of halogens is 3. The van der Waals surface area contributed by atoms with Crippen molar-refractivity contribution in [1.29, 1.82) is 0 Å². The summed E-state index contributed by atoms with van der Waals surface area (Å²) in [4.78, 5) is 23.0. The first-order valence-corrected chi connectivity index (χ1v) is 6.14. The second kappa shape index (κ2) is 7.07. The molecule has 0 unspecified atom stereocenters. The molecular formula is C13H15F3N2O3. The molecular weight excluding hydrogens is 289 g/mol. The molecule has 3 N–H and O–H groups in total. The minimum atomic E-state index is -4.53. The number of carbonyl (C=O) groups excluding carboxylic acids is 2. The maximum atomic E-state index is 12.5. The number of hydrogen-bond acceptors (Lipinski definition) is 3. The van der Waals surface area contributed by atoms with Gasteiger partial charge in [-0.05, 0) is 31.5 Å². The van der Waals surface area contributed by atoms with Gasteiger partial charge in [-0.25, -0.2) is 0 Å². The molecule has 0 fully saturated rings. The number of aliphatic hydroxyl groups excluding tert-OH is 1. The van der Waals surface area contributed by atoms with E-state index >= 15 is 0 Å². The Kier molecular flexibility index (Phi) is 5.71. The Labute approximate surface area is 119 Å². The largest absolute Gasteiger partial charge is 0.416 e. The molecule has 0 saturated carbocycles. The number of anilines is 1. The number of nitrogens with one attached hydrogen (secondary N) is 2. The van der Waals surface area contributed by atoms with E-state index in [-0.39, 0.29) is 18.7 Å². The number of hydrogen-bond donors (Lipinski definition) is 3. The fourth-order valence-corrected chi connectivity index (χ4v) is 1.52. The molecule has 1 aromatic carbocycles. The molecule has 1 aromatic rings. The second-order valence-electron chi connectivity index (χ2n) is 4.42. The van der Waals surface area contributed by atoms with Crippen molar-refractivity contribution >= 4 is 17.5 Å². The summed E-state index contributed by atoms with van der Waals surface area (Å²) >= 11 is 0. The minimum absolute atomic E-state index is 0.125. The van der Waals surface area contributed by atoms with Crippen LogP contribution in [0.1, 0.15) is 18.9 Å². The standard InChI is InChI=1S/C13H15F3N2O3/c1-8(5-6-19)17-11(20)12(21)18-10-4-2-3-9(7-10)13(14,15)16/h2-4,7-8,19H,5-6H2,1H3,(H,17,20)(H,18,21)/t8-/m1/s1. The lowest BCUT2D eigenvalue weighted by Gasteiger charge is -2.13. The van der Waals surface area contributed by atoms with Crippen LogP contribution in [0.25, 0.3) is 0 Å². The summed E-state index contributed by atoms with van der Waals surface area (Å²) < 4.78 is 37.5. The van der Waals surface area contributed by atoms with E-state index < -0.39 is 29.6 Å². The van der Waals surface area contributed by atoms with E-state index in [0.29, 0.717) is 0 Å². The lowest BCUT2D eigenvalue weighted by Crippen LogP contribution is -2.40. The van der Waals surface area contributed by atoms with Crippen LogP contribution in [0.3, 0.4) is 0 Å². The summed E-state index contributed by atoms with van der Waals surface area (Å²) in [7, 11) is 0. The molecule has 5 nitrogen and oxygen atoms in total. The molecule has 116 valence electrons. The molecule has 0 aliphatic heterocycles. The lowest BCUT2D eigenvalue weighted by atomic mass is 10.2. The van der Waals surface area contributed by atoms with Crippen LogP contribution < -0.4 is 10.6 Å². The SMILES string of the molecule is C[C@H](CCO)NC(=O)C(=O)Nc1cccc(C(F)(F)F)c1. The predicted octanol–water partition coefficient (Wildman–Crippen LogP) is 1.53. The van der Waals surface area contributed by atoms with Crippen LogP contribution >= 0.6 is 0 Å². The van der Waals surface area contributed by atoms with Gasteiger partial charge in [-0.2, -0.15) is 13.2 Å². The van der Waals surface area contributed by atoms with Crippen LogP contribution in [0.4, 0.5) is 18.9 Å². The molecule has 1 atom stereocenters. The molecule has 1 rings (SSSR count). The molecule has 2 amide bonds. The monoisotopic (exact) mass is 304 g/mol. The number of benzene rings is 1. The predicted molar refractivity (Wildman–Crippen MR) is 69.4 cm³/mol. The smallest absolute Gasteiger partial charge is 0.396 e. The zero-order valence-corrected chi connectivity index (χ0v) is 11.2. The normalized spacial score (nSPS) is 12.6. The van der Waals surface area contributed by atoms with Gasteiger partial charge in [0.2, 0.25) is 0 Å². The van der Waals surface area contributed by atoms with Crippen LogP contribution in [-0.4, -0.2) is 29.6 Å². The fraction of sp³-hybridized carbons (Fsp3) is 0.385. The third-order valence-corrected chi connectivity index (χ3v) is 2.59. The van der Waals surface area contributed by atoms with Gasteiger partial charge >= 0.3 is 18.0 Å². The molecule has 8 heteroatoms. The Balaban J connectivity index is 2.69. The maximum absolute atomic E-state index is 12.5. The average Bonchev–Trinajstić information content (AvgIpc) is 2.38. The van der Waals surface area contributed by atoms with Crippen molar-refractivity contribution in [2.45, 2.75) is 25.6 Å². The summed E-state index contributed by atoms with van der Waals surface area (Å²) in [5.41, 5.74) is -1.05. The van der Waals surface area contributed by atoms with Crippen molar-refractivity contribution < 1.29 is 27.9 Å². The van der Waals surface area contributed by atoms with E-state index in [0.717, 1.165) is 18.2 Å². The van der Waals surface area contributed by atoms with E-state index in [9.17, 15) is 22.8 Å². The first-order chi connectivity index (χ1) is 9.74. The number of rotatable bonds is 4. The van der Waals surface area contributed by atoms with E-state index in [4.69, 9.17) is 5.11 Å². The van der Waals surface area contributed by atoms with Gasteiger partial charge in [0.1, 0.15) is 0 Å². The van der Waals surface area contributed by atoms with Crippen molar-refractivity contribution in [3.05, 3.63) is 29.8 Å². The zero-order valence-electron chi connectivity index (χ0n) is 11.2. The van der Waals surface area contributed by atoms with E-state index in [1.165, 1.54) is 6.07 Å². The highest BCUT2D eigenvalue weighted by atomic mass is 19.4. The molecule has 0 aromatic heterocycles. The molecule has 0 bridgehead atoms. The lowest BCUT2D eigenvalue weighted by molar-refractivity contribution is -0.137. The molecule has 21 heavy (non-hydrogen) atoms. The molecule has 0 aliphatic carbocycles.